The monoisotopic (exact) mass is 268 g/mol. The average molecular weight is 268 g/mol. The summed E-state index contributed by atoms with van der Waals surface area (Å²) in [4.78, 5) is 11.9. The predicted octanol–water partition coefficient (Wildman–Crippen LogP) is 1.98. The van der Waals surface area contributed by atoms with E-state index in [9.17, 15) is 4.79 Å². The second-order valence-electron chi connectivity index (χ2n) is 6.04. The number of rotatable bonds is 4. The Kier molecular flexibility index (Phi) is 6.11. The normalized spacial score (nSPS) is 29.7. The summed E-state index contributed by atoms with van der Waals surface area (Å²) >= 11 is 0. The smallest absolute Gasteiger partial charge is 0.234 e. The van der Waals surface area contributed by atoms with Crippen molar-refractivity contribution in [2.24, 2.45) is 0 Å². The first-order valence-electron chi connectivity index (χ1n) is 7.88. The molecule has 2 unspecified atom stereocenters. The van der Waals surface area contributed by atoms with E-state index in [1.165, 1.54) is 25.7 Å². The van der Waals surface area contributed by atoms with Gasteiger partial charge in [0, 0.05) is 18.7 Å². The van der Waals surface area contributed by atoms with Crippen molar-refractivity contribution in [3.63, 3.8) is 0 Å². The van der Waals surface area contributed by atoms with E-state index < -0.39 is 0 Å². The first-order valence-corrected chi connectivity index (χ1v) is 7.88. The fourth-order valence-electron chi connectivity index (χ4n) is 3.12. The Morgan fingerprint density at radius 2 is 1.84 bits per heavy atom. The highest BCUT2D eigenvalue weighted by Crippen LogP contribution is 2.17. The zero-order chi connectivity index (χ0) is 13.5. The number of hydrogen-bond acceptors (Lipinski definition) is 3. The van der Waals surface area contributed by atoms with Crippen LogP contribution in [0.4, 0.5) is 0 Å². The largest absolute Gasteiger partial charge is 0.378 e. The molecular weight excluding hydrogens is 240 g/mol. The molecule has 1 aliphatic carbocycles. The molecule has 110 valence electrons. The maximum atomic E-state index is 11.9. The van der Waals surface area contributed by atoms with Crippen LogP contribution in [-0.4, -0.2) is 37.2 Å². The topological polar surface area (TPSA) is 50.4 Å². The summed E-state index contributed by atoms with van der Waals surface area (Å²) in [6, 6.07) is 0.842. The Morgan fingerprint density at radius 3 is 2.53 bits per heavy atom. The van der Waals surface area contributed by atoms with E-state index in [1.54, 1.807) is 0 Å². The van der Waals surface area contributed by atoms with E-state index in [0.717, 1.165) is 32.3 Å². The Bertz CT molecular complexity index is 275. The van der Waals surface area contributed by atoms with Gasteiger partial charge in [0.1, 0.15) is 0 Å². The van der Waals surface area contributed by atoms with Crippen LogP contribution in [-0.2, 0) is 9.53 Å². The molecule has 2 rings (SSSR count). The summed E-state index contributed by atoms with van der Waals surface area (Å²) in [7, 11) is 0. The second kappa shape index (κ2) is 7.85. The van der Waals surface area contributed by atoms with Crippen LogP contribution in [0.1, 0.15) is 58.3 Å². The van der Waals surface area contributed by atoms with Crippen LogP contribution in [0.2, 0.25) is 0 Å². The van der Waals surface area contributed by atoms with Gasteiger partial charge in [-0.2, -0.15) is 0 Å². The van der Waals surface area contributed by atoms with Crippen LogP contribution in [0.15, 0.2) is 0 Å². The highest BCUT2D eigenvalue weighted by atomic mass is 16.5. The third kappa shape index (κ3) is 5.49. The van der Waals surface area contributed by atoms with E-state index in [4.69, 9.17) is 4.74 Å². The van der Waals surface area contributed by atoms with Gasteiger partial charge in [0.25, 0.3) is 0 Å². The molecule has 19 heavy (non-hydrogen) atoms. The second-order valence-corrected chi connectivity index (χ2v) is 6.04. The van der Waals surface area contributed by atoms with Gasteiger partial charge in [-0.1, -0.05) is 25.7 Å². The van der Waals surface area contributed by atoms with Gasteiger partial charge in [0.05, 0.1) is 12.6 Å². The fourth-order valence-corrected chi connectivity index (χ4v) is 3.12. The first-order chi connectivity index (χ1) is 9.24. The van der Waals surface area contributed by atoms with Crippen LogP contribution in [0.5, 0.6) is 0 Å². The van der Waals surface area contributed by atoms with Crippen molar-refractivity contribution in [2.45, 2.75) is 76.5 Å². The number of carbonyl (C=O) groups excluding carboxylic acids is 1. The van der Waals surface area contributed by atoms with Gasteiger partial charge in [-0.05, 0) is 32.6 Å². The Balaban J connectivity index is 1.63. The summed E-state index contributed by atoms with van der Waals surface area (Å²) in [6.07, 6.45) is 9.81. The third-order valence-electron chi connectivity index (χ3n) is 4.26. The van der Waals surface area contributed by atoms with Crippen LogP contribution >= 0.6 is 0 Å². The van der Waals surface area contributed by atoms with Gasteiger partial charge in [-0.25, -0.2) is 0 Å². The quantitative estimate of drug-likeness (QED) is 0.767. The maximum Gasteiger partial charge on any atom is 0.234 e. The fraction of sp³-hybridized carbons (Fsp3) is 0.933. The summed E-state index contributed by atoms with van der Waals surface area (Å²) < 4.78 is 5.51. The van der Waals surface area contributed by atoms with Crippen LogP contribution in [0, 0.1) is 0 Å². The summed E-state index contributed by atoms with van der Waals surface area (Å²) in [5, 5.41) is 6.54. The molecule has 1 heterocycles. The Morgan fingerprint density at radius 1 is 1.11 bits per heavy atom. The molecule has 0 spiro atoms. The van der Waals surface area contributed by atoms with Gasteiger partial charge in [-0.15, -0.1) is 0 Å². The van der Waals surface area contributed by atoms with E-state index in [2.05, 4.69) is 17.6 Å². The number of ether oxygens (including phenoxy) is 1. The van der Waals surface area contributed by atoms with Crippen LogP contribution in [0.3, 0.4) is 0 Å². The Labute approximate surface area is 116 Å². The van der Waals surface area contributed by atoms with Crippen molar-refractivity contribution in [3.05, 3.63) is 0 Å². The maximum absolute atomic E-state index is 11.9. The highest BCUT2D eigenvalue weighted by molar-refractivity contribution is 5.78. The van der Waals surface area contributed by atoms with Crippen molar-refractivity contribution in [1.29, 1.82) is 0 Å². The minimum atomic E-state index is 0.158. The molecule has 1 amide bonds. The van der Waals surface area contributed by atoms with Crippen LogP contribution in [0.25, 0.3) is 0 Å². The van der Waals surface area contributed by atoms with Crippen molar-refractivity contribution in [3.8, 4) is 0 Å². The molecular formula is C15H28N2O2. The van der Waals surface area contributed by atoms with Gasteiger partial charge >= 0.3 is 0 Å². The number of nitrogens with one attached hydrogen (secondary N) is 2. The lowest BCUT2D eigenvalue weighted by atomic mass is 10.0. The van der Waals surface area contributed by atoms with Gasteiger partial charge in [-0.3, -0.25) is 4.79 Å². The minimum absolute atomic E-state index is 0.158. The molecule has 2 aliphatic rings. The lowest BCUT2D eigenvalue weighted by Gasteiger charge is -2.28. The molecule has 0 aromatic heterocycles. The molecule has 2 fully saturated rings. The van der Waals surface area contributed by atoms with Crippen molar-refractivity contribution >= 4 is 5.91 Å². The zero-order valence-corrected chi connectivity index (χ0v) is 12.1. The van der Waals surface area contributed by atoms with Crippen molar-refractivity contribution in [1.82, 2.24) is 10.6 Å². The Hall–Kier alpha value is -0.610. The van der Waals surface area contributed by atoms with E-state index in [0.29, 0.717) is 24.7 Å². The SMILES string of the molecule is CC1CC(NCC(=O)NC2CCCCCC2)CCO1. The minimum Gasteiger partial charge on any atom is -0.378 e. The molecule has 1 saturated heterocycles. The van der Waals surface area contributed by atoms with Gasteiger partial charge in [0.15, 0.2) is 0 Å². The number of hydrogen-bond donors (Lipinski definition) is 2. The van der Waals surface area contributed by atoms with Crippen LogP contribution < -0.4 is 10.6 Å². The molecule has 4 nitrogen and oxygen atoms in total. The van der Waals surface area contributed by atoms with E-state index in [1.807, 2.05) is 0 Å². The molecule has 1 saturated carbocycles. The average Bonchev–Trinajstić information content (AvgIpc) is 2.65. The third-order valence-corrected chi connectivity index (χ3v) is 4.26. The van der Waals surface area contributed by atoms with Crippen molar-refractivity contribution in [2.75, 3.05) is 13.2 Å². The summed E-state index contributed by atoms with van der Waals surface area (Å²) in [5.41, 5.74) is 0. The molecule has 1 aliphatic heterocycles. The summed E-state index contributed by atoms with van der Waals surface area (Å²) in [5.74, 6) is 0.158. The number of carbonyl (C=O) groups is 1. The molecule has 2 N–H and O–H groups in total. The molecule has 0 radical (unpaired) electrons. The van der Waals surface area contributed by atoms with Crippen molar-refractivity contribution < 1.29 is 9.53 Å². The van der Waals surface area contributed by atoms with E-state index in [-0.39, 0.29) is 5.91 Å². The van der Waals surface area contributed by atoms with Gasteiger partial charge < -0.3 is 15.4 Å². The predicted molar refractivity (Wildman–Crippen MR) is 76.1 cm³/mol. The molecule has 2 atom stereocenters. The van der Waals surface area contributed by atoms with E-state index >= 15 is 0 Å². The van der Waals surface area contributed by atoms with Gasteiger partial charge in [0.2, 0.25) is 5.91 Å². The highest BCUT2D eigenvalue weighted by Gasteiger charge is 2.20. The first kappa shape index (κ1) is 14.8. The molecule has 4 heteroatoms. The molecule has 0 aromatic carbocycles. The zero-order valence-electron chi connectivity index (χ0n) is 12.1. The lowest BCUT2D eigenvalue weighted by molar-refractivity contribution is -0.121. The standard InChI is InChI=1S/C15H28N2O2/c1-12-10-14(8-9-19-12)16-11-15(18)17-13-6-4-2-3-5-7-13/h12-14,16H,2-11H2,1H3,(H,17,18). The molecule has 0 aromatic rings. The summed E-state index contributed by atoms with van der Waals surface area (Å²) in [6.45, 7) is 3.36. The number of amides is 1. The lowest BCUT2D eigenvalue weighted by Crippen LogP contribution is -2.45. The molecule has 0 bridgehead atoms.